The van der Waals surface area contributed by atoms with Gasteiger partial charge in [0.25, 0.3) is 0 Å². The van der Waals surface area contributed by atoms with Crippen LogP contribution in [0.5, 0.6) is 0 Å². The molecule has 1 amide bonds. The van der Waals surface area contributed by atoms with Crippen LogP contribution in [0.15, 0.2) is 58.4 Å². The van der Waals surface area contributed by atoms with Crippen molar-refractivity contribution >= 4 is 17.8 Å². The van der Waals surface area contributed by atoms with Crippen molar-refractivity contribution in [2.45, 2.75) is 275 Å². The number of esters is 1. The van der Waals surface area contributed by atoms with Gasteiger partial charge in [-0.05, 0) is 103 Å². The maximum absolute atomic E-state index is 15.7. The number of ether oxygens (including phenoxy) is 13. The molecule has 524 valence electrons. The molecule has 7 fully saturated rings. The SMILES string of the molecule is COC(=O)N[C@H]1[C@@H](C)O[C@@H](O[C@H]2C/C=C(\C)[C@@H]3C=C[C@H]4[C@@H](O[C@H]5C[C@@H](O[C@H]6CC(O[C@H]7C[C@H](O)[C@@H](O)[C@H](C)O7)C(O[C@@H]7C[C@@H](O)[C@@H](OC)[C@H](C)O7)[C@H](C)O6)[C@@H](O)[C@H](C)O5)[C@@H](C)C[C@H](C)[C@H]4[C@]3(C)/C(O)=C3\C(=O)O[C@]4(C[C@@H](C)C(CO)=C[C@@H]4/C=C/2C)C3=O)C[C@]1(C)[NH+]([O-])O. The Morgan fingerprint density at radius 1 is 0.688 bits per heavy atom. The summed E-state index contributed by atoms with van der Waals surface area (Å²) in [7, 11) is 2.69. The van der Waals surface area contributed by atoms with Gasteiger partial charge in [0, 0.05) is 62.4 Å². The van der Waals surface area contributed by atoms with Crippen LogP contribution >= 0.6 is 0 Å². The van der Waals surface area contributed by atoms with Gasteiger partial charge in [0.05, 0.1) is 87.3 Å². The average Bonchev–Trinajstić information content (AvgIpc) is 1.70. The first-order chi connectivity index (χ1) is 43.9. The van der Waals surface area contributed by atoms with E-state index < -0.39 is 210 Å². The number of alkyl carbamates (subject to hydrolysis) is 1. The summed E-state index contributed by atoms with van der Waals surface area (Å²) in [6, 6.07) is -0.994. The number of hydroxylamine groups is 2. The third-order valence-electron chi connectivity index (χ3n) is 22.4. The first-order valence-corrected chi connectivity index (χ1v) is 33.3. The standard InChI is InChI=1S/C67H102N2O24/c1-29-15-18-45(88-52-27-65(11,69(79)80)60(38(10)87-52)68-64(78)82-14)30(2)20-40-21-39(28-70)33(5)26-67(40)62(76)53(63(77)93-67)61(75)66(12)42(29)17-16-41-54(66)31(3)19-32(4)57(41)91-51-24-46(56(74)35(7)84-51)89-50-25-47(90-48-22-43(71)55(73)34(6)83-48)59(37(9)86-50)92-49-23-44(72)58(81-13)36(8)85-49/h15-17,20-21,31-38,40-52,54-60,69-75,79H,18-19,22-28H2,1-14H3,(H,68,78)/b29-15+,30-20+,61-53+/t31-,32-,33+,34-,35-,36-,37-,38+,40-,41+,42-,43-,44+,45-,46+,47?,48-,49+,50-,51-,52-,54+,55-,56-,57-,58-,59?,60-,65-,66+,67-/m0/s1. The minimum atomic E-state index is -1.83. The average molecular weight is 1320 g/mol. The van der Waals surface area contributed by atoms with E-state index in [0.717, 1.165) is 5.57 Å². The summed E-state index contributed by atoms with van der Waals surface area (Å²) in [5, 5.41) is 93.4. The van der Waals surface area contributed by atoms with Crippen LogP contribution in [0.25, 0.3) is 0 Å². The number of quaternary nitrogens is 1. The predicted octanol–water partition coefficient (Wildman–Crippen LogP) is 3.95. The fraction of sp³-hybridized carbons (Fsp3) is 0.806. The van der Waals surface area contributed by atoms with Gasteiger partial charge >= 0.3 is 12.1 Å². The zero-order valence-corrected chi connectivity index (χ0v) is 56.0. The number of aliphatic hydroxyl groups excluding tert-OH is 6. The topological polar surface area (TPSA) is 352 Å². The molecular formula is C67H102N2O24. The van der Waals surface area contributed by atoms with E-state index in [2.05, 4.69) is 25.2 Å². The second-order valence-corrected chi connectivity index (χ2v) is 28.7. The molecule has 0 aromatic carbocycles. The van der Waals surface area contributed by atoms with Crippen molar-refractivity contribution in [3.05, 3.63) is 63.6 Å². The summed E-state index contributed by atoms with van der Waals surface area (Å²) in [4.78, 5) is 43.0. The van der Waals surface area contributed by atoms with Crippen LogP contribution in [0, 0.1) is 52.0 Å². The molecule has 0 aromatic rings. The Balaban J connectivity index is 0.942. The van der Waals surface area contributed by atoms with Gasteiger partial charge in [0.1, 0.15) is 41.8 Å². The molecule has 10 rings (SSSR count). The number of ketones is 1. The molecular weight excluding hydrogens is 1220 g/mol. The number of methoxy groups -OCH3 is 2. The monoisotopic (exact) mass is 1320 g/mol. The van der Waals surface area contributed by atoms with E-state index in [0.29, 0.717) is 17.6 Å². The van der Waals surface area contributed by atoms with Crippen LogP contribution in [0.3, 0.4) is 0 Å². The van der Waals surface area contributed by atoms with Gasteiger partial charge in [0.2, 0.25) is 5.78 Å². The van der Waals surface area contributed by atoms with Crippen LogP contribution in [0.1, 0.15) is 134 Å². The Kier molecular flexibility index (Phi) is 22.1. The molecule has 93 heavy (non-hydrogen) atoms. The highest BCUT2D eigenvalue weighted by Gasteiger charge is 2.64. The van der Waals surface area contributed by atoms with Crippen molar-refractivity contribution in [3.63, 3.8) is 0 Å². The molecule has 6 saturated heterocycles. The largest absolute Gasteiger partial charge is 0.600 e. The molecule has 26 nitrogen and oxygen atoms in total. The summed E-state index contributed by atoms with van der Waals surface area (Å²) < 4.78 is 82.1. The molecule has 4 aliphatic carbocycles. The van der Waals surface area contributed by atoms with Crippen molar-refractivity contribution in [1.82, 2.24) is 5.32 Å². The second-order valence-electron chi connectivity index (χ2n) is 28.7. The Morgan fingerprint density at radius 3 is 1.92 bits per heavy atom. The lowest BCUT2D eigenvalue weighted by Crippen LogP contribution is -3.17. The van der Waals surface area contributed by atoms with E-state index in [1.54, 1.807) is 46.8 Å². The highest BCUT2D eigenvalue weighted by molar-refractivity contribution is 6.26. The lowest BCUT2D eigenvalue weighted by atomic mass is 9.49. The Labute approximate surface area is 544 Å². The number of rotatable bonds is 14. The number of carbonyl (C=O) groups is 3. The first-order valence-electron chi connectivity index (χ1n) is 33.3. The number of carbonyl (C=O) groups excluding carboxylic acids is 3. The summed E-state index contributed by atoms with van der Waals surface area (Å²) in [6.07, 6.45) is -7.60. The molecule has 0 aromatic heterocycles. The fourth-order valence-electron chi connectivity index (χ4n) is 17.3. The second kappa shape index (κ2) is 28.5. The van der Waals surface area contributed by atoms with Crippen molar-refractivity contribution in [3.8, 4) is 0 Å². The molecule has 0 radical (unpaired) electrons. The van der Waals surface area contributed by atoms with Gasteiger partial charge in [-0.25, -0.2) is 20.0 Å². The van der Waals surface area contributed by atoms with E-state index in [-0.39, 0.29) is 63.4 Å². The maximum Gasteiger partial charge on any atom is 0.407 e. The zero-order chi connectivity index (χ0) is 67.7. The number of aliphatic hydroxyl groups is 6. The number of Topliss-reactive ketones (excluding diaryl/α,β-unsaturated/α-hetero) is 1. The van der Waals surface area contributed by atoms with Crippen LogP contribution in [-0.2, 0) is 71.2 Å². The van der Waals surface area contributed by atoms with Gasteiger partial charge in [-0.2, -0.15) is 0 Å². The quantitative estimate of drug-likeness (QED) is 0.0514. The number of fused-ring (bicyclic) bond motifs is 4. The van der Waals surface area contributed by atoms with Crippen LogP contribution in [0.4, 0.5) is 4.79 Å². The molecule has 6 aliphatic heterocycles. The molecule has 1 saturated carbocycles. The molecule has 2 bridgehead atoms. The van der Waals surface area contributed by atoms with Gasteiger partial charge < -0.3 is 103 Å². The molecule has 3 unspecified atom stereocenters. The Hall–Kier alpha value is -3.85. The highest BCUT2D eigenvalue weighted by Crippen LogP contribution is 2.61. The lowest BCUT2D eigenvalue weighted by molar-refractivity contribution is -1.09. The normalized spacial score (nSPS) is 50.3. The minimum absolute atomic E-state index is 0.000292. The van der Waals surface area contributed by atoms with Crippen LogP contribution in [0.2, 0.25) is 0 Å². The molecule has 6 heterocycles. The summed E-state index contributed by atoms with van der Waals surface area (Å²) in [5.41, 5.74) is -3.22. The fourth-order valence-corrected chi connectivity index (χ4v) is 17.3. The zero-order valence-electron chi connectivity index (χ0n) is 56.0. The molecule has 10 aliphatic rings. The minimum Gasteiger partial charge on any atom is -0.600 e. The van der Waals surface area contributed by atoms with Crippen molar-refractivity contribution in [2.75, 3.05) is 20.8 Å². The number of allylic oxidation sites excluding steroid dienone is 3. The number of nitrogens with one attached hydrogen (secondary N) is 2. The molecule has 26 heteroatoms. The number of hydrogen-bond acceptors (Lipinski definition) is 24. The van der Waals surface area contributed by atoms with E-state index in [9.17, 15) is 50.6 Å². The van der Waals surface area contributed by atoms with Crippen molar-refractivity contribution in [2.24, 2.45) is 46.8 Å². The number of amides is 1. The van der Waals surface area contributed by atoms with Gasteiger partial charge in [0.15, 0.2) is 42.6 Å². The van der Waals surface area contributed by atoms with E-state index >= 15 is 4.79 Å². The summed E-state index contributed by atoms with van der Waals surface area (Å²) in [5.74, 6) is -5.24. The molecule has 32 atom stereocenters. The van der Waals surface area contributed by atoms with Crippen LogP contribution < -0.4 is 10.5 Å². The predicted molar refractivity (Wildman–Crippen MR) is 327 cm³/mol. The summed E-state index contributed by atoms with van der Waals surface area (Å²) in [6.45, 7) is 21.4. The van der Waals surface area contributed by atoms with E-state index in [1.807, 2.05) is 39.8 Å². The van der Waals surface area contributed by atoms with Crippen LogP contribution in [-0.4, -0.2) is 215 Å². The van der Waals surface area contributed by atoms with Gasteiger partial charge in [-0.15, -0.1) is 0 Å². The molecule has 1 spiro atoms. The lowest BCUT2D eigenvalue weighted by Gasteiger charge is -2.56. The molecule has 9 N–H and O–H groups in total. The highest BCUT2D eigenvalue weighted by atomic mass is 16.8. The van der Waals surface area contributed by atoms with E-state index in [4.69, 9.17) is 61.6 Å². The van der Waals surface area contributed by atoms with Gasteiger partial charge in [-0.3, -0.25) is 4.79 Å². The smallest absolute Gasteiger partial charge is 0.407 e. The Bertz CT molecular complexity index is 2830. The van der Waals surface area contributed by atoms with E-state index in [1.165, 1.54) is 21.1 Å². The Morgan fingerprint density at radius 2 is 1.28 bits per heavy atom. The first kappa shape index (κ1) is 71.9. The van der Waals surface area contributed by atoms with Crippen molar-refractivity contribution in [1.29, 1.82) is 0 Å². The third-order valence-corrected chi connectivity index (χ3v) is 22.4. The third kappa shape index (κ3) is 13.9. The number of hydrogen-bond donors (Lipinski definition) is 9. The van der Waals surface area contributed by atoms with Gasteiger partial charge in [-0.1, -0.05) is 63.6 Å². The maximum atomic E-state index is 15.7. The van der Waals surface area contributed by atoms with Crippen molar-refractivity contribution < 1.29 is 117 Å². The summed E-state index contributed by atoms with van der Waals surface area (Å²) >= 11 is 0.